The molecule has 0 aliphatic heterocycles. The third kappa shape index (κ3) is 4.90. The average molecular weight is 239 g/mol. The molecule has 1 rings (SSSR count). The van der Waals surface area contributed by atoms with Crippen molar-refractivity contribution < 1.29 is 4.74 Å². The minimum Gasteiger partial charge on any atom is -0.497 e. The molecule has 1 aromatic carbocycles. The van der Waals surface area contributed by atoms with Crippen LogP contribution in [0.4, 0.5) is 0 Å². The summed E-state index contributed by atoms with van der Waals surface area (Å²) in [5.41, 5.74) is 1.35. The molecule has 90 valence electrons. The number of benzene rings is 1. The molecule has 3 heteroatoms. The van der Waals surface area contributed by atoms with Gasteiger partial charge in [-0.05, 0) is 36.9 Å². The summed E-state index contributed by atoms with van der Waals surface area (Å²) in [6, 6.07) is 8.27. The van der Waals surface area contributed by atoms with E-state index < -0.39 is 0 Å². The third-order valence-electron chi connectivity index (χ3n) is 2.58. The first-order chi connectivity index (χ1) is 7.76. The fraction of sp³-hybridized carbons (Fsp3) is 0.538. The Morgan fingerprint density at radius 2 is 2.00 bits per heavy atom. The summed E-state index contributed by atoms with van der Waals surface area (Å²) in [5.74, 6) is 0.924. The fourth-order valence-corrected chi connectivity index (χ4v) is 1.70. The van der Waals surface area contributed by atoms with Gasteiger partial charge in [0.1, 0.15) is 5.75 Å². The monoisotopic (exact) mass is 239 g/mol. The van der Waals surface area contributed by atoms with Crippen LogP contribution in [0.2, 0.25) is 0 Å². The SMILES string of the molecule is COc1ccc(CCNCC(C)SC)cc1. The largest absolute Gasteiger partial charge is 0.497 e. The Balaban J connectivity index is 2.21. The van der Waals surface area contributed by atoms with E-state index >= 15 is 0 Å². The molecule has 1 atom stereocenters. The van der Waals surface area contributed by atoms with E-state index in [4.69, 9.17) is 4.74 Å². The summed E-state index contributed by atoms with van der Waals surface area (Å²) in [5, 5.41) is 4.15. The quantitative estimate of drug-likeness (QED) is 0.739. The van der Waals surface area contributed by atoms with Crippen LogP contribution in [-0.4, -0.2) is 31.7 Å². The lowest BCUT2D eigenvalue weighted by Crippen LogP contribution is -2.24. The molecule has 1 N–H and O–H groups in total. The predicted octanol–water partition coefficient (Wildman–Crippen LogP) is 2.58. The molecule has 0 heterocycles. The first-order valence-electron chi connectivity index (χ1n) is 5.62. The molecule has 0 fully saturated rings. The smallest absolute Gasteiger partial charge is 0.118 e. The minimum absolute atomic E-state index is 0.691. The van der Waals surface area contributed by atoms with Gasteiger partial charge in [0.15, 0.2) is 0 Å². The molecule has 0 aliphatic carbocycles. The van der Waals surface area contributed by atoms with Gasteiger partial charge < -0.3 is 10.1 Å². The van der Waals surface area contributed by atoms with E-state index in [-0.39, 0.29) is 0 Å². The van der Waals surface area contributed by atoms with Gasteiger partial charge in [0.2, 0.25) is 0 Å². The summed E-state index contributed by atoms with van der Waals surface area (Å²) in [6.45, 7) is 4.36. The van der Waals surface area contributed by atoms with Crippen molar-refractivity contribution in [3.8, 4) is 5.75 Å². The normalized spacial score (nSPS) is 12.4. The topological polar surface area (TPSA) is 21.3 Å². The lowest BCUT2D eigenvalue weighted by Gasteiger charge is -2.09. The number of hydrogen-bond donors (Lipinski definition) is 1. The van der Waals surface area contributed by atoms with Crippen LogP contribution in [0, 0.1) is 0 Å². The molecule has 1 aromatic rings. The molecule has 0 aliphatic rings. The number of thioether (sulfide) groups is 1. The molecule has 0 saturated heterocycles. The summed E-state index contributed by atoms with van der Waals surface area (Å²) in [7, 11) is 1.69. The summed E-state index contributed by atoms with van der Waals surface area (Å²) in [6.07, 6.45) is 3.22. The van der Waals surface area contributed by atoms with E-state index in [0.29, 0.717) is 5.25 Å². The van der Waals surface area contributed by atoms with E-state index in [1.807, 2.05) is 23.9 Å². The van der Waals surface area contributed by atoms with E-state index in [1.165, 1.54) is 5.56 Å². The van der Waals surface area contributed by atoms with Crippen molar-refractivity contribution in [2.24, 2.45) is 0 Å². The lowest BCUT2D eigenvalue weighted by molar-refractivity contribution is 0.414. The molecule has 0 radical (unpaired) electrons. The maximum absolute atomic E-state index is 5.12. The highest BCUT2D eigenvalue weighted by Gasteiger charge is 1.98. The highest BCUT2D eigenvalue weighted by atomic mass is 32.2. The van der Waals surface area contributed by atoms with Crippen LogP contribution in [0.5, 0.6) is 5.75 Å². The van der Waals surface area contributed by atoms with Gasteiger partial charge in [0.25, 0.3) is 0 Å². The van der Waals surface area contributed by atoms with Crippen LogP contribution in [0.15, 0.2) is 24.3 Å². The number of hydrogen-bond acceptors (Lipinski definition) is 3. The number of methoxy groups -OCH3 is 1. The van der Waals surface area contributed by atoms with Gasteiger partial charge in [-0.15, -0.1) is 0 Å². The summed E-state index contributed by atoms with van der Waals surface area (Å²) in [4.78, 5) is 0. The molecular formula is C13H21NOS. The Morgan fingerprint density at radius 3 is 2.56 bits per heavy atom. The summed E-state index contributed by atoms with van der Waals surface area (Å²) < 4.78 is 5.12. The maximum atomic E-state index is 5.12. The van der Waals surface area contributed by atoms with E-state index in [2.05, 4.69) is 30.6 Å². The second-order valence-electron chi connectivity index (χ2n) is 3.85. The minimum atomic E-state index is 0.691. The van der Waals surface area contributed by atoms with Crippen LogP contribution in [-0.2, 0) is 6.42 Å². The van der Waals surface area contributed by atoms with Crippen LogP contribution < -0.4 is 10.1 Å². The molecule has 16 heavy (non-hydrogen) atoms. The third-order valence-corrected chi connectivity index (χ3v) is 3.56. The van der Waals surface area contributed by atoms with Crippen molar-refractivity contribution in [2.45, 2.75) is 18.6 Å². The van der Waals surface area contributed by atoms with E-state index in [0.717, 1.165) is 25.3 Å². The maximum Gasteiger partial charge on any atom is 0.118 e. The predicted molar refractivity (Wildman–Crippen MR) is 72.5 cm³/mol. The molecule has 0 amide bonds. The zero-order valence-electron chi connectivity index (χ0n) is 10.3. The van der Waals surface area contributed by atoms with Crippen molar-refractivity contribution >= 4 is 11.8 Å². The van der Waals surface area contributed by atoms with Gasteiger partial charge in [-0.1, -0.05) is 19.1 Å². The Morgan fingerprint density at radius 1 is 1.31 bits per heavy atom. The zero-order chi connectivity index (χ0) is 11.8. The van der Waals surface area contributed by atoms with Crippen molar-refractivity contribution in [1.29, 1.82) is 0 Å². The lowest BCUT2D eigenvalue weighted by atomic mass is 10.1. The zero-order valence-corrected chi connectivity index (χ0v) is 11.1. The summed E-state index contributed by atoms with van der Waals surface area (Å²) >= 11 is 1.90. The van der Waals surface area contributed by atoms with E-state index in [1.54, 1.807) is 7.11 Å². The first-order valence-corrected chi connectivity index (χ1v) is 6.91. The fourth-order valence-electron chi connectivity index (χ4n) is 1.41. The molecule has 0 bridgehead atoms. The Bertz CT molecular complexity index is 286. The van der Waals surface area contributed by atoms with Gasteiger partial charge in [0, 0.05) is 11.8 Å². The van der Waals surface area contributed by atoms with Crippen LogP contribution >= 0.6 is 11.8 Å². The molecule has 1 unspecified atom stereocenters. The number of nitrogens with one attached hydrogen (secondary N) is 1. The van der Waals surface area contributed by atoms with Crippen molar-refractivity contribution in [3.05, 3.63) is 29.8 Å². The average Bonchev–Trinajstić information content (AvgIpc) is 2.35. The van der Waals surface area contributed by atoms with Crippen LogP contribution in [0.3, 0.4) is 0 Å². The van der Waals surface area contributed by atoms with Crippen molar-refractivity contribution in [2.75, 3.05) is 26.5 Å². The van der Waals surface area contributed by atoms with Crippen LogP contribution in [0.25, 0.3) is 0 Å². The van der Waals surface area contributed by atoms with E-state index in [9.17, 15) is 0 Å². The highest BCUT2D eigenvalue weighted by Crippen LogP contribution is 2.11. The second kappa shape index (κ2) is 7.58. The van der Waals surface area contributed by atoms with Crippen LogP contribution in [0.1, 0.15) is 12.5 Å². The molecule has 0 spiro atoms. The Kier molecular flexibility index (Phi) is 6.34. The molecule has 0 saturated carbocycles. The van der Waals surface area contributed by atoms with Gasteiger partial charge >= 0.3 is 0 Å². The second-order valence-corrected chi connectivity index (χ2v) is 5.12. The van der Waals surface area contributed by atoms with Gasteiger partial charge in [0.05, 0.1) is 7.11 Å². The standard InChI is InChI=1S/C13H21NOS/c1-11(16-3)10-14-9-8-12-4-6-13(15-2)7-5-12/h4-7,11,14H,8-10H2,1-3H3. The van der Waals surface area contributed by atoms with Crippen molar-refractivity contribution in [3.63, 3.8) is 0 Å². The molecular weight excluding hydrogens is 218 g/mol. The molecule has 0 aromatic heterocycles. The van der Waals surface area contributed by atoms with Gasteiger partial charge in [-0.2, -0.15) is 11.8 Å². The molecule has 2 nitrogen and oxygen atoms in total. The number of ether oxygens (including phenoxy) is 1. The van der Waals surface area contributed by atoms with Crippen molar-refractivity contribution in [1.82, 2.24) is 5.32 Å². The first kappa shape index (κ1) is 13.4. The Hall–Kier alpha value is -0.670. The highest BCUT2D eigenvalue weighted by molar-refractivity contribution is 7.99. The van der Waals surface area contributed by atoms with Gasteiger partial charge in [-0.25, -0.2) is 0 Å². The van der Waals surface area contributed by atoms with Gasteiger partial charge in [-0.3, -0.25) is 0 Å². The Labute approximate surface area is 103 Å². The number of rotatable bonds is 7.